The third kappa shape index (κ3) is 7.97. The SMILES string of the molecule is CC(C)(C)c1cc(NC(=O)Nc2ccc(OS(=O)(=O)c3ccccc3)c(C(C)(C)C)c2)ccc1OS(=O)(=O)c1ccccc1. The molecule has 2 N–H and O–H groups in total. The largest absolute Gasteiger partial charge is 0.379 e. The molecular formula is C33H36N2O7S2. The van der Waals surface area contributed by atoms with Gasteiger partial charge in [0.1, 0.15) is 21.3 Å². The quantitative estimate of drug-likeness (QED) is 0.192. The van der Waals surface area contributed by atoms with Crippen LogP contribution in [0, 0.1) is 0 Å². The highest BCUT2D eigenvalue weighted by molar-refractivity contribution is 7.87. The van der Waals surface area contributed by atoms with E-state index in [0.29, 0.717) is 22.5 Å². The number of amides is 2. The van der Waals surface area contributed by atoms with Crippen molar-refractivity contribution in [1.82, 2.24) is 0 Å². The van der Waals surface area contributed by atoms with Crippen LogP contribution in [0.3, 0.4) is 0 Å². The van der Waals surface area contributed by atoms with Gasteiger partial charge in [-0.3, -0.25) is 0 Å². The monoisotopic (exact) mass is 636 g/mol. The first-order chi connectivity index (χ1) is 20.5. The molecule has 4 aromatic carbocycles. The van der Waals surface area contributed by atoms with Gasteiger partial charge in [-0.15, -0.1) is 0 Å². The predicted octanol–water partition coefficient (Wildman–Crippen LogP) is 7.46. The first-order valence-corrected chi connectivity index (χ1v) is 16.6. The summed E-state index contributed by atoms with van der Waals surface area (Å²) in [5.74, 6) is 0.311. The number of carbonyl (C=O) groups is 1. The predicted molar refractivity (Wildman–Crippen MR) is 171 cm³/mol. The number of rotatable bonds is 8. The lowest BCUT2D eigenvalue weighted by Crippen LogP contribution is -2.22. The zero-order valence-corrected chi connectivity index (χ0v) is 27.0. The van der Waals surface area contributed by atoms with Crippen LogP contribution in [0.2, 0.25) is 0 Å². The Morgan fingerprint density at radius 3 is 1.20 bits per heavy atom. The fourth-order valence-electron chi connectivity index (χ4n) is 4.33. The normalized spacial score (nSPS) is 12.3. The Morgan fingerprint density at radius 2 is 0.886 bits per heavy atom. The average molecular weight is 637 g/mol. The van der Waals surface area contributed by atoms with Crippen LogP contribution in [-0.4, -0.2) is 22.9 Å². The highest BCUT2D eigenvalue weighted by atomic mass is 32.2. The lowest BCUT2D eigenvalue weighted by Gasteiger charge is -2.24. The minimum Gasteiger partial charge on any atom is -0.379 e. The maximum Gasteiger partial charge on any atom is 0.339 e. The summed E-state index contributed by atoms with van der Waals surface area (Å²) in [4.78, 5) is 13.1. The van der Waals surface area contributed by atoms with Gasteiger partial charge >= 0.3 is 26.3 Å². The summed E-state index contributed by atoms with van der Waals surface area (Å²) in [6.45, 7) is 11.4. The Morgan fingerprint density at radius 1 is 0.545 bits per heavy atom. The number of anilines is 2. The van der Waals surface area contributed by atoms with Crippen molar-refractivity contribution in [3.8, 4) is 11.5 Å². The molecule has 0 fully saturated rings. The van der Waals surface area contributed by atoms with Crippen LogP contribution in [0.25, 0.3) is 0 Å². The molecule has 11 heteroatoms. The molecular weight excluding hydrogens is 601 g/mol. The summed E-state index contributed by atoms with van der Waals surface area (Å²) in [5, 5.41) is 5.55. The molecule has 0 aliphatic heterocycles. The molecule has 0 spiro atoms. The molecule has 44 heavy (non-hydrogen) atoms. The average Bonchev–Trinajstić information content (AvgIpc) is 2.94. The van der Waals surface area contributed by atoms with Crippen molar-refractivity contribution in [1.29, 1.82) is 0 Å². The highest BCUT2D eigenvalue weighted by Crippen LogP contribution is 2.37. The smallest absolute Gasteiger partial charge is 0.339 e. The van der Waals surface area contributed by atoms with E-state index in [0.717, 1.165) is 0 Å². The van der Waals surface area contributed by atoms with Gasteiger partial charge in [0.25, 0.3) is 0 Å². The number of nitrogens with one attached hydrogen (secondary N) is 2. The Hall–Kier alpha value is -4.35. The van der Waals surface area contributed by atoms with Gasteiger partial charge in [-0.2, -0.15) is 16.8 Å². The van der Waals surface area contributed by atoms with E-state index in [1.165, 1.54) is 36.4 Å². The summed E-state index contributed by atoms with van der Waals surface area (Å²) in [6, 6.07) is 24.6. The molecule has 9 nitrogen and oxygen atoms in total. The van der Waals surface area contributed by atoms with E-state index in [9.17, 15) is 21.6 Å². The summed E-state index contributed by atoms with van der Waals surface area (Å²) in [5.41, 5.74) is 0.945. The topological polar surface area (TPSA) is 128 Å². The van der Waals surface area contributed by atoms with Gasteiger partial charge in [0, 0.05) is 22.5 Å². The molecule has 0 saturated carbocycles. The fourth-order valence-corrected chi connectivity index (χ4v) is 6.27. The van der Waals surface area contributed by atoms with E-state index in [-0.39, 0.29) is 21.3 Å². The molecule has 0 aliphatic carbocycles. The Bertz CT molecular complexity index is 1720. The van der Waals surface area contributed by atoms with Gasteiger partial charge < -0.3 is 19.0 Å². The number of benzene rings is 4. The van der Waals surface area contributed by atoms with Crippen molar-refractivity contribution in [3.05, 3.63) is 108 Å². The van der Waals surface area contributed by atoms with Crippen LogP contribution >= 0.6 is 0 Å². The molecule has 2 amide bonds. The minimum absolute atomic E-state index is 0.0325. The molecule has 0 atom stereocenters. The van der Waals surface area contributed by atoms with E-state index in [1.807, 2.05) is 41.5 Å². The van der Waals surface area contributed by atoms with Gasteiger partial charge in [-0.1, -0.05) is 77.9 Å². The van der Waals surface area contributed by atoms with Crippen molar-refractivity contribution in [2.75, 3.05) is 10.6 Å². The second kappa shape index (κ2) is 12.3. The number of hydrogen-bond acceptors (Lipinski definition) is 7. The second-order valence-corrected chi connectivity index (χ2v) is 15.3. The van der Waals surface area contributed by atoms with Gasteiger partial charge in [0.2, 0.25) is 0 Å². The molecule has 0 radical (unpaired) electrons. The Kier molecular flexibility index (Phi) is 9.13. The van der Waals surface area contributed by atoms with Gasteiger partial charge in [0.15, 0.2) is 0 Å². The summed E-state index contributed by atoms with van der Waals surface area (Å²) in [7, 11) is -8.13. The van der Waals surface area contributed by atoms with Crippen LogP contribution in [0.5, 0.6) is 11.5 Å². The lowest BCUT2D eigenvalue weighted by molar-refractivity contribution is 0.262. The van der Waals surface area contributed by atoms with Crippen molar-refractivity contribution in [2.45, 2.75) is 62.2 Å². The maximum absolute atomic E-state index is 13.0. The van der Waals surface area contributed by atoms with Crippen LogP contribution in [-0.2, 0) is 31.1 Å². The molecule has 232 valence electrons. The third-order valence-corrected chi connectivity index (χ3v) is 9.05. The minimum atomic E-state index is -4.07. The zero-order valence-electron chi connectivity index (χ0n) is 25.4. The molecule has 4 rings (SSSR count). The van der Waals surface area contributed by atoms with Crippen LogP contribution < -0.4 is 19.0 Å². The van der Waals surface area contributed by atoms with Crippen molar-refractivity contribution in [3.63, 3.8) is 0 Å². The molecule has 0 saturated heterocycles. The first-order valence-electron chi connectivity index (χ1n) is 13.8. The van der Waals surface area contributed by atoms with Crippen molar-refractivity contribution >= 4 is 37.6 Å². The second-order valence-electron chi connectivity index (χ2n) is 12.2. The van der Waals surface area contributed by atoms with E-state index < -0.39 is 37.1 Å². The fraction of sp³-hybridized carbons (Fsp3) is 0.242. The number of urea groups is 1. The summed E-state index contributed by atoms with van der Waals surface area (Å²) >= 11 is 0. The van der Waals surface area contributed by atoms with E-state index in [4.69, 9.17) is 8.37 Å². The van der Waals surface area contributed by atoms with Crippen LogP contribution in [0.1, 0.15) is 52.7 Å². The molecule has 0 bridgehead atoms. The first kappa shape index (κ1) is 32.6. The third-order valence-electron chi connectivity index (χ3n) is 6.55. The lowest BCUT2D eigenvalue weighted by atomic mass is 9.86. The number of carbonyl (C=O) groups excluding carboxylic acids is 1. The molecule has 0 heterocycles. The molecule has 0 aliphatic rings. The van der Waals surface area contributed by atoms with E-state index >= 15 is 0 Å². The van der Waals surface area contributed by atoms with Crippen molar-refractivity contribution < 1.29 is 30.0 Å². The maximum atomic E-state index is 13.0. The van der Waals surface area contributed by atoms with Crippen LogP contribution in [0.4, 0.5) is 16.2 Å². The molecule has 0 unspecified atom stereocenters. The van der Waals surface area contributed by atoms with Crippen molar-refractivity contribution in [2.24, 2.45) is 0 Å². The zero-order chi connectivity index (χ0) is 32.3. The Balaban J connectivity index is 1.55. The van der Waals surface area contributed by atoms with E-state index in [1.54, 1.807) is 60.7 Å². The molecule has 4 aromatic rings. The summed E-state index contributed by atoms with van der Waals surface area (Å²) < 4.78 is 62.5. The highest BCUT2D eigenvalue weighted by Gasteiger charge is 2.26. The molecule has 0 aromatic heterocycles. The van der Waals surface area contributed by atoms with Crippen LogP contribution in [0.15, 0.2) is 107 Å². The van der Waals surface area contributed by atoms with E-state index in [2.05, 4.69) is 10.6 Å². The number of hydrogen-bond donors (Lipinski definition) is 2. The van der Waals surface area contributed by atoms with Gasteiger partial charge in [0.05, 0.1) is 0 Å². The summed E-state index contributed by atoms with van der Waals surface area (Å²) in [6.07, 6.45) is 0. The standard InChI is InChI=1S/C33H36N2O7S2/c1-32(2,3)27-21-23(17-19-29(27)41-43(37,38)25-13-9-7-10-14-25)34-31(36)35-24-18-20-30(28(22-24)33(4,5)6)42-44(39,40)26-15-11-8-12-16-26/h7-22H,1-6H3,(H2,34,35,36). The Labute approximate surface area is 259 Å². The van der Waals surface area contributed by atoms with Gasteiger partial charge in [-0.05, 0) is 71.5 Å². The van der Waals surface area contributed by atoms with Gasteiger partial charge in [-0.25, -0.2) is 4.79 Å².